The number of carbonyl (C=O) groups excluding carboxylic acids is 3. The molecule has 0 radical (unpaired) electrons. The zero-order chi connectivity index (χ0) is 26.1. The lowest BCUT2D eigenvalue weighted by Gasteiger charge is -2.28. The van der Waals surface area contributed by atoms with Crippen molar-refractivity contribution in [3.8, 4) is 0 Å². The van der Waals surface area contributed by atoms with E-state index in [2.05, 4.69) is 5.32 Å². The highest BCUT2D eigenvalue weighted by Crippen LogP contribution is 2.29. The van der Waals surface area contributed by atoms with Crippen molar-refractivity contribution in [2.45, 2.75) is 31.2 Å². The lowest BCUT2D eigenvalue weighted by Crippen LogP contribution is -2.50. The first kappa shape index (κ1) is 26.1. The number of ether oxygens (including phenoxy) is 1. The van der Waals surface area contributed by atoms with Crippen molar-refractivity contribution in [1.29, 1.82) is 0 Å². The number of primary amides is 1. The molecule has 3 aromatic rings. The molecule has 2 amide bonds. The van der Waals surface area contributed by atoms with E-state index in [9.17, 15) is 24.5 Å². The fraction of sp³-hybridized carbons (Fsp3) is 0.222. The van der Waals surface area contributed by atoms with Gasteiger partial charge in [-0.05, 0) is 23.6 Å². The van der Waals surface area contributed by atoms with Crippen LogP contribution in [0.1, 0.15) is 41.9 Å². The number of nitrogens with one attached hydrogen (secondary N) is 1. The van der Waals surface area contributed by atoms with E-state index in [1.807, 2.05) is 60.7 Å². The maximum Gasteiger partial charge on any atom is 0.306 e. The van der Waals surface area contributed by atoms with E-state index in [0.29, 0.717) is 16.7 Å². The zero-order valence-corrected chi connectivity index (χ0v) is 19.7. The van der Waals surface area contributed by atoms with Crippen LogP contribution in [0.15, 0.2) is 84.9 Å². The van der Waals surface area contributed by atoms with Crippen molar-refractivity contribution < 1.29 is 24.0 Å². The van der Waals surface area contributed by atoms with E-state index >= 15 is 0 Å². The Morgan fingerprint density at radius 1 is 0.889 bits per heavy atom. The summed E-state index contributed by atoms with van der Waals surface area (Å²) >= 11 is 0. The maximum atomic E-state index is 13.6. The third-order valence-electron chi connectivity index (χ3n) is 5.76. The summed E-state index contributed by atoms with van der Waals surface area (Å²) in [6, 6.07) is 22.3. The largest absolute Gasteiger partial charge is 0.466 e. The highest BCUT2D eigenvalue weighted by Gasteiger charge is 2.34. The van der Waals surface area contributed by atoms with Crippen molar-refractivity contribution in [3.05, 3.63) is 112 Å². The molecule has 0 aromatic heterocycles. The Labute approximate surface area is 208 Å². The maximum absolute atomic E-state index is 13.6. The second kappa shape index (κ2) is 12.3. The number of hydrogen-bond donors (Lipinski definition) is 2. The summed E-state index contributed by atoms with van der Waals surface area (Å²) in [5.74, 6) is -3.57. The summed E-state index contributed by atoms with van der Waals surface area (Å²) in [5, 5.41) is 13.8. The number of nitrogens with zero attached hydrogens (tertiary/aromatic N) is 1. The number of carbonyl (C=O) groups is 3. The normalized spacial score (nSPS) is 12.4. The van der Waals surface area contributed by atoms with Crippen LogP contribution >= 0.6 is 0 Å². The number of nitro benzene ring substituents is 1. The van der Waals surface area contributed by atoms with Crippen LogP contribution in [0.2, 0.25) is 0 Å². The molecule has 186 valence electrons. The first-order valence-corrected chi connectivity index (χ1v) is 11.4. The quantitative estimate of drug-likeness (QED) is 0.240. The molecule has 9 heteroatoms. The molecule has 0 heterocycles. The lowest BCUT2D eigenvalue weighted by molar-refractivity contribution is -0.384. The van der Waals surface area contributed by atoms with Gasteiger partial charge in [0.1, 0.15) is 6.04 Å². The van der Waals surface area contributed by atoms with Crippen LogP contribution in [0, 0.1) is 10.1 Å². The molecule has 3 aromatic carbocycles. The third-order valence-corrected chi connectivity index (χ3v) is 5.76. The fourth-order valence-electron chi connectivity index (χ4n) is 4.06. The standard InChI is InChI=1S/C27H27N3O6/c1-2-36-23(31)17-22(18-13-15-21(16-14-18)30(34)35)25(26(28)32)29-27(33)24(19-9-5-3-6-10-19)20-11-7-4-8-12-20/h3-16,22,24-25H,2,17H2,1H3,(H2,28,32)(H,29,33)/t22-,25+/m0/s1. The third kappa shape index (κ3) is 6.53. The Balaban J connectivity index is 1.99. The van der Waals surface area contributed by atoms with Crippen LogP contribution in [-0.4, -0.2) is 35.4 Å². The van der Waals surface area contributed by atoms with Gasteiger partial charge in [-0.2, -0.15) is 0 Å². The predicted octanol–water partition coefficient (Wildman–Crippen LogP) is 3.43. The SMILES string of the molecule is CCOC(=O)C[C@@H](c1ccc([N+](=O)[O-])cc1)[C@@H](NC(=O)C(c1ccccc1)c1ccccc1)C(N)=O. The number of non-ortho nitro benzene ring substituents is 1. The summed E-state index contributed by atoms with van der Waals surface area (Å²) in [6.07, 6.45) is -0.263. The predicted molar refractivity (Wildman–Crippen MR) is 133 cm³/mol. The molecule has 0 spiro atoms. The molecule has 3 N–H and O–H groups in total. The van der Waals surface area contributed by atoms with Gasteiger partial charge in [0.2, 0.25) is 11.8 Å². The first-order valence-electron chi connectivity index (χ1n) is 11.4. The van der Waals surface area contributed by atoms with Crippen LogP contribution in [0.4, 0.5) is 5.69 Å². The Morgan fingerprint density at radius 3 is 1.86 bits per heavy atom. The fourth-order valence-corrected chi connectivity index (χ4v) is 4.06. The van der Waals surface area contributed by atoms with Gasteiger partial charge in [0.25, 0.3) is 5.69 Å². The van der Waals surface area contributed by atoms with Crippen molar-refractivity contribution in [2.24, 2.45) is 5.73 Å². The number of esters is 1. The van der Waals surface area contributed by atoms with E-state index in [4.69, 9.17) is 10.5 Å². The monoisotopic (exact) mass is 489 g/mol. The summed E-state index contributed by atoms with van der Waals surface area (Å²) in [6.45, 7) is 1.78. The van der Waals surface area contributed by atoms with Gasteiger partial charge in [0.05, 0.1) is 23.9 Å². The van der Waals surface area contributed by atoms with Gasteiger partial charge in [0.15, 0.2) is 0 Å². The van der Waals surface area contributed by atoms with Crippen LogP contribution in [0.25, 0.3) is 0 Å². The number of amides is 2. The minimum Gasteiger partial charge on any atom is -0.466 e. The van der Waals surface area contributed by atoms with Crippen LogP contribution in [0.3, 0.4) is 0 Å². The van der Waals surface area contributed by atoms with Crippen LogP contribution < -0.4 is 11.1 Å². The molecular formula is C27H27N3O6. The number of hydrogen-bond acceptors (Lipinski definition) is 6. The van der Waals surface area contributed by atoms with E-state index in [1.165, 1.54) is 24.3 Å². The number of benzene rings is 3. The van der Waals surface area contributed by atoms with Gasteiger partial charge in [0, 0.05) is 18.1 Å². The molecule has 2 atom stereocenters. The topological polar surface area (TPSA) is 142 Å². The van der Waals surface area contributed by atoms with Crippen molar-refractivity contribution >= 4 is 23.5 Å². The summed E-state index contributed by atoms with van der Waals surface area (Å²) in [7, 11) is 0. The Morgan fingerprint density at radius 2 is 1.42 bits per heavy atom. The molecule has 0 saturated carbocycles. The van der Waals surface area contributed by atoms with Gasteiger partial charge in [-0.25, -0.2) is 0 Å². The van der Waals surface area contributed by atoms with E-state index in [-0.39, 0.29) is 18.7 Å². The molecule has 0 fully saturated rings. The zero-order valence-electron chi connectivity index (χ0n) is 19.7. The lowest BCUT2D eigenvalue weighted by atomic mass is 9.86. The van der Waals surface area contributed by atoms with Gasteiger partial charge in [-0.15, -0.1) is 0 Å². The van der Waals surface area contributed by atoms with E-state index < -0.39 is 40.6 Å². The molecule has 0 bridgehead atoms. The molecule has 0 unspecified atom stereocenters. The van der Waals surface area contributed by atoms with Gasteiger partial charge >= 0.3 is 5.97 Å². The molecule has 9 nitrogen and oxygen atoms in total. The highest BCUT2D eigenvalue weighted by atomic mass is 16.6. The number of nitrogens with two attached hydrogens (primary N) is 1. The van der Waals surface area contributed by atoms with Crippen molar-refractivity contribution in [1.82, 2.24) is 5.32 Å². The average Bonchev–Trinajstić information content (AvgIpc) is 2.87. The Kier molecular flexibility index (Phi) is 8.88. The van der Waals surface area contributed by atoms with E-state index in [1.54, 1.807) is 6.92 Å². The second-order valence-corrected chi connectivity index (χ2v) is 8.11. The minimum absolute atomic E-state index is 0.128. The minimum atomic E-state index is -1.28. The molecule has 36 heavy (non-hydrogen) atoms. The molecule has 3 rings (SSSR count). The molecule has 0 saturated heterocycles. The molecule has 0 aliphatic carbocycles. The second-order valence-electron chi connectivity index (χ2n) is 8.11. The van der Waals surface area contributed by atoms with Crippen molar-refractivity contribution in [3.63, 3.8) is 0 Å². The number of nitro groups is 1. The first-order chi connectivity index (χ1) is 17.3. The van der Waals surface area contributed by atoms with Crippen molar-refractivity contribution in [2.75, 3.05) is 6.61 Å². The summed E-state index contributed by atoms with van der Waals surface area (Å²) < 4.78 is 5.06. The summed E-state index contributed by atoms with van der Waals surface area (Å²) in [5.41, 5.74) is 7.41. The summed E-state index contributed by atoms with van der Waals surface area (Å²) in [4.78, 5) is 49.2. The highest BCUT2D eigenvalue weighted by molar-refractivity contribution is 5.93. The van der Waals surface area contributed by atoms with Gasteiger partial charge in [-0.3, -0.25) is 24.5 Å². The smallest absolute Gasteiger partial charge is 0.306 e. The Hall–Kier alpha value is -4.53. The average molecular weight is 490 g/mol. The molecular weight excluding hydrogens is 462 g/mol. The van der Waals surface area contributed by atoms with Crippen LogP contribution in [-0.2, 0) is 19.1 Å². The van der Waals surface area contributed by atoms with Crippen LogP contribution in [0.5, 0.6) is 0 Å². The Bertz CT molecular complexity index is 1160. The number of rotatable bonds is 11. The molecule has 0 aliphatic rings. The van der Waals surface area contributed by atoms with Gasteiger partial charge in [-0.1, -0.05) is 72.8 Å². The van der Waals surface area contributed by atoms with E-state index in [0.717, 1.165) is 0 Å². The molecule has 0 aliphatic heterocycles. The van der Waals surface area contributed by atoms with Gasteiger partial charge < -0.3 is 15.8 Å².